The van der Waals surface area contributed by atoms with E-state index in [0.29, 0.717) is 17.2 Å². The number of Topliss-reactive ketones (excluding diaryl/α,β-unsaturated/α-hetero) is 1. The molecule has 0 saturated heterocycles. The second-order valence-corrected chi connectivity index (χ2v) is 7.07. The van der Waals surface area contributed by atoms with Gasteiger partial charge in [0.2, 0.25) is 0 Å². The molecule has 2 unspecified atom stereocenters. The summed E-state index contributed by atoms with van der Waals surface area (Å²) in [5, 5.41) is 6.41. The molecule has 0 bridgehead atoms. The van der Waals surface area contributed by atoms with Crippen molar-refractivity contribution in [2.45, 2.75) is 31.2 Å². The quantitative estimate of drug-likeness (QED) is 0.737. The molecule has 5 nitrogen and oxygen atoms in total. The second-order valence-electron chi connectivity index (χ2n) is 6.66. The van der Waals surface area contributed by atoms with Crippen LogP contribution in [0, 0.1) is 5.82 Å². The van der Waals surface area contributed by atoms with Gasteiger partial charge in [0.1, 0.15) is 5.75 Å². The summed E-state index contributed by atoms with van der Waals surface area (Å²) in [6.45, 7) is 0. The van der Waals surface area contributed by atoms with E-state index < -0.39 is 5.82 Å². The minimum absolute atomic E-state index is 0.111. The van der Waals surface area contributed by atoms with Crippen molar-refractivity contribution >= 4 is 28.8 Å². The molecule has 0 aromatic heterocycles. The lowest BCUT2D eigenvalue weighted by atomic mass is 9.80. The number of methoxy groups -OCH3 is 2. The van der Waals surface area contributed by atoms with Crippen molar-refractivity contribution in [2.75, 3.05) is 19.5 Å². The summed E-state index contributed by atoms with van der Waals surface area (Å²) in [5.41, 5.74) is 1.54. The summed E-state index contributed by atoms with van der Waals surface area (Å²) >= 11 is 5.35. The Kier molecular flexibility index (Phi) is 6.46. The number of halogens is 1. The highest BCUT2D eigenvalue weighted by Gasteiger charge is 2.32. The van der Waals surface area contributed by atoms with Crippen molar-refractivity contribution in [2.24, 2.45) is 0 Å². The van der Waals surface area contributed by atoms with Gasteiger partial charge in [-0.05, 0) is 61.3 Å². The van der Waals surface area contributed by atoms with E-state index in [0.717, 1.165) is 24.2 Å². The lowest BCUT2D eigenvalue weighted by Gasteiger charge is -2.29. The minimum atomic E-state index is -0.449. The lowest BCUT2D eigenvalue weighted by Crippen LogP contribution is -2.46. The molecule has 148 valence electrons. The molecule has 2 aromatic rings. The number of benzene rings is 2. The first-order chi connectivity index (χ1) is 13.5. The Bertz CT molecular complexity index is 874. The van der Waals surface area contributed by atoms with E-state index in [-0.39, 0.29) is 23.5 Å². The van der Waals surface area contributed by atoms with E-state index in [1.807, 2.05) is 24.3 Å². The number of hydrogen-bond acceptors (Lipinski definition) is 4. The summed E-state index contributed by atoms with van der Waals surface area (Å²) in [4.78, 5) is 13.0. The monoisotopic (exact) mass is 402 g/mol. The standard InChI is InChI=1S/C21H23FN2O3S/c1-26-15-6-3-5-13(11-15)16-7-4-8-18(20(16)25)24-21(28)23-14-9-10-17(22)19(12-14)27-2/h3,5-6,9-12,16,18H,4,7-8H2,1-2H3,(H2,23,24,28). The van der Waals surface area contributed by atoms with Gasteiger partial charge in [-0.25, -0.2) is 4.39 Å². The third kappa shape index (κ3) is 4.59. The second kappa shape index (κ2) is 9.01. The van der Waals surface area contributed by atoms with Gasteiger partial charge in [0.05, 0.1) is 20.3 Å². The van der Waals surface area contributed by atoms with Crippen LogP contribution >= 0.6 is 12.2 Å². The number of carbonyl (C=O) groups excluding carboxylic acids is 1. The van der Waals surface area contributed by atoms with Crippen molar-refractivity contribution in [3.8, 4) is 11.5 Å². The number of ether oxygens (including phenoxy) is 2. The molecule has 2 N–H and O–H groups in total. The van der Waals surface area contributed by atoms with E-state index in [2.05, 4.69) is 10.6 Å². The van der Waals surface area contributed by atoms with Crippen LogP contribution in [0.15, 0.2) is 42.5 Å². The van der Waals surface area contributed by atoms with Gasteiger partial charge in [-0.15, -0.1) is 0 Å². The zero-order valence-corrected chi connectivity index (χ0v) is 16.6. The van der Waals surface area contributed by atoms with Gasteiger partial charge in [-0.3, -0.25) is 4.79 Å². The largest absolute Gasteiger partial charge is 0.497 e. The van der Waals surface area contributed by atoms with Gasteiger partial charge in [0.25, 0.3) is 0 Å². The van der Waals surface area contributed by atoms with Crippen LogP contribution < -0.4 is 20.1 Å². The lowest BCUT2D eigenvalue weighted by molar-refractivity contribution is -0.123. The molecule has 0 amide bonds. The summed E-state index contributed by atoms with van der Waals surface area (Å²) in [5.74, 6) is 0.341. The predicted molar refractivity (Wildman–Crippen MR) is 111 cm³/mol. The fourth-order valence-electron chi connectivity index (χ4n) is 3.45. The summed E-state index contributed by atoms with van der Waals surface area (Å²) in [7, 11) is 3.01. The number of rotatable bonds is 5. The Balaban J connectivity index is 1.66. The first kappa shape index (κ1) is 20.1. The van der Waals surface area contributed by atoms with Crippen molar-refractivity contribution < 1.29 is 18.7 Å². The molecule has 0 spiro atoms. The highest BCUT2D eigenvalue weighted by atomic mass is 32.1. The molecule has 0 aliphatic heterocycles. The molecule has 1 saturated carbocycles. The van der Waals surface area contributed by atoms with Crippen molar-refractivity contribution in [3.05, 3.63) is 53.8 Å². The highest BCUT2D eigenvalue weighted by Crippen LogP contribution is 2.32. The van der Waals surface area contributed by atoms with Crippen LogP contribution in [-0.2, 0) is 4.79 Å². The number of hydrogen-bond donors (Lipinski definition) is 2. The Morgan fingerprint density at radius 1 is 1.14 bits per heavy atom. The van der Waals surface area contributed by atoms with Crippen LogP contribution in [0.1, 0.15) is 30.7 Å². The Labute approximate surface area is 169 Å². The first-order valence-corrected chi connectivity index (χ1v) is 9.51. The van der Waals surface area contributed by atoms with Crippen LogP contribution in [0.4, 0.5) is 10.1 Å². The molecule has 0 radical (unpaired) electrons. The number of thiocarbonyl (C=S) groups is 1. The maximum Gasteiger partial charge on any atom is 0.171 e. The minimum Gasteiger partial charge on any atom is -0.497 e. The maximum atomic E-state index is 13.5. The van der Waals surface area contributed by atoms with Crippen LogP contribution in [0.2, 0.25) is 0 Å². The van der Waals surface area contributed by atoms with Crippen LogP contribution in [0.25, 0.3) is 0 Å². The fourth-order valence-corrected chi connectivity index (χ4v) is 3.71. The Morgan fingerprint density at radius 2 is 1.96 bits per heavy atom. The van der Waals surface area contributed by atoms with Crippen molar-refractivity contribution in [1.82, 2.24) is 5.32 Å². The topological polar surface area (TPSA) is 59.6 Å². The number of anilines is 1. The summed E-state index contributed by atoms with van der Waals surface area (Å²) in [6.07, 6.45) is 2.44. The van der Waals surface area contributed by atoms with Crippen LogP contribution in [0.3, 0.4) is 0 Å². The Morgan fingerprint density at radius 3 is 2.71 bits per heavy atom. The highest BCUT2D eigenvalue weighted by molar-refractivity contribution is 7.80. The van der Waals surface area contributed by atoms with Crippen molar-refractivity contribution in [1.29, 1.82) is 0 Å². The molecule has 0 heterocycles. The van der Waals surface area contributed by atoms with E-state index >= 15 is 0 Å². The van der Waals surface area contributed by atoms with Crippen molar-refractivity contribution in [3.63, 3.8) is 0 Å². The molecular weight excluding hydrogens is 379 g/mol. The van der Waals surface area contributed by atoms with Gasteiger partial charge >= 0.3 is 0 Å². The fraction of sp³-hybridized carbons (Fsp3) is 0.333. The molecule has 1 fully saturated rings. The Hall–Kier alpha value is -2.67. The number of carbonyl (C=O) groups is 1. The number of nitrogens with one attached hydrogen (secondary N) is 2. The van der Waals surface area contributed by atoms with E-state index in [1.165, 1.54) is 19.2 Å². The zero-order chi connectivity index (χ0) is 20.1. The average molecular weight is 402 g/mol. The normalized spacial score (nSPS) is 19.0. The van der Waals surface area contributed by atoms with E-state index in [1.54, 1.807) is 13.2 Å². The van der Waals surface area contributed by atoms with Crippen LogP contribution in [-0.4, -0.2) is 31.2 Å². The molecular formula is C21H23FN2O3S. The smallest absolute Gasteiger partial charge is 0.171 e. The van der Waals surface area contributed by atoms with Gasteiger partial charge in [0.15, 0.2) is 22.5 Å². The SMILES string of the molecule is COc1cccc(C2CCCC(NC(=S)Nc3ccc(F)c(OC)c3)C2=O)c1. The molecule has 3 rings (SSSR count). The molecule has 28 heavy (non-hydrogen) atoms. The van der Waals surface area contributed by atoms with Crippen LogP contribution in [0.5, 0.6) is 11.5 Å². The average Bonchev–Trinajstić information content (AvgIpc) is 2.71. The van der Waals surface area contributed by atoms with E-state index in [4.69, 9.17) is 21.7 Å². The first-order valence-electron chi connectivity index (χ1n) is 9.10. The van der Waals surface area contributed by atoms with E-state index in [9.17, 15) is 9.18 Å². The number of ketones is 1. The third-order valence-corrected chi connectivity index (χ3v) is 5.10. The van der Waals surface area contributed by atoms with Gasteiger partial charge < -0.3 is 20.1 Å². The molecule has 7 heteroatoms. The molecule has 1 aliphatic carbocycles. The molecule has 1 aliphatic rings. The zero-order valence-electron chi connectivity index (χ0n) is 15.8. The van der Waals surface area contributed by atoms with Gasteiger partial charge in [-0.1, -0.05) is 12.1 Å². The third-order valence-electron chi connectivity index (χ3n) is 4.88. The van der Waals surface area contributed by atoms with Gasteiger partial charge in [0, 0.05) is 17.7 Å². The summed E-state index contributed by atoms with van der Waals surface area (Å²) < 4.78 is 23.8. The maximum absolute atomic E-state index is 13.5. The molecule has 2 aromatic carbocycles. The summed E-state index contributed by atoms with van der Waals surface area (Å²) in [6, 6.07) is 11.6. The molecule has 2 atom stereocenters. The van der Waals surface area contributed by atoms with Gasteiger partial charge in [-0.2, -0.15) is 0 Å². The predicted octanol–water partition coefficient (Wildman–Crippen LogP) is 4.03.